The maximum absolute atomic E-state index is 11.9. The average molecular weight is 446 g/mol. The maximum Gasteiger partial charge on any atom is 0.131 e. The van der Waals surface area contributed by atoms with E-state index < -0.39 is 6.10 Å². The number of ether oxygens (including phenoxy) is 2. The van der Waals surface area contributed by atoms with Gasteiger partial charge < -0.3 is 19.1 Å². The summed E-state index contributed by atoms with van der Waals surface area (Å²) in [4.78, 5) is 4.52. The molecule has 2 aromatic carbocycles. The lowest BCUT2D eigenvalue weighted by Crippen LogP contribution is -2.67. The van der Waals surface area contributed by atoms with Crippen molar-refractivity contribution in [2.24, 2.45) is 11.8 Å². The van der Waals surface area contributed by atoms with Crippen LogP contribution in [0.25, 0.3) is 10.9 Å². The zero-order valence-corrected chi connectivity index (χ0v) is 19.5. The normalized spacial score (nSPS) is 27.3. The second-order valence-electron chi connectivity index (χ2n) is 9.57. The maximum atomic E-state index is 11.9. The number of hydrogen-bond acceptors (Lipinski definition) is 4. The lowest BCUT2D eigenvalue weighted by molar-refractivity contribution is -0.984. The number of aromatic nitrogens is 1. The van der Waals surface area contributed by atoms with Gasteiger partial charge in [-0.15, -0.1) is 6.58 Å². The number of nitrogens with zero attached hydrogens (tertiary/aromatic N) is 2. The third-order valence-electron chi connectivity index (χ3n) is 8.02. The first kappa shape index (κ1) is 21.9. The second kappa shape index (κ2) is 8.81. The number of aliphatic hydroxyl groups is 1. The molecule has 6 rings (SSSR count). The number of rotatable bonds is 7. The number of quaternary nitrogens is 1. The summed E-state index contributed by atoms with van der Waals surface area (Å²) in [5.41, 5.74) is 3.01. The molecule has 1 N–H and O–H groups in total. The predicted molar refractivity (Wildman–Crippen MR) is 130 cm³/mol. The third-order valence-corrected chi connectivity index (χ3v) is 8.02. The molecule has 5 nitrogen and oxygen atoms in total. The largest absolute Gasteiger partial charge is 0.497 e. The minimum absolute atomic E-state index is 0.0988. The fraction of sp³-hybridized carbons (Fsp3) is 0.393. The van der Waals surface area contributed by atoms with Gasteiger partial charge in [0.05, 0.1) is 32.8 Å². The summed E-state index contributed by atoms with van der Waals surface area (Å²) in [7, 11) is 3.40. The molecule has 3 fully saturated rings. The molecular weight excluding hydrogens is 412 g/mol. The summed E-state index contributed by atoms with van der Waals surface area (Å²) >= 11 is 0. The number of aliphatic hydroxyl groups excluding tert-OH is 1. The lowest BCUT2D eigenvalue weighted by atomic mass is 9.71. The summed E-state index contributed by atoms with van der Waals surface area (Å²) < 4.78 is 12.0. The monoisotopic (exact) mass is 445 g/mol. The molecule has 172 valence electrons. The SMILES string of the molecule is C=C[C@H]1C[N+]2(Cc3ccccc3OC)CC[C@H]1C[C@H]2[C@H](O)c1ccnc2ccc(OC)cc12. The van der Waals surface area contributed by atoms with Gasteiger partial charge in [-0.25, -0.2) is 0 Å². The minimum Gasteiger partial charge on any atom is -0.497 e. The van der Waals surface area contributed by atoms with E-state index >= 15 is 0 Å². The minimum atomic E-state index is -0.592. The molecule has 0 saturated carbocycles. The highest BCUT2D eigenvalue weighted by molar-refractivity contribution is 5.83. The lowest BCUT2D eigenvalue weighted by Gasteiger charge is -2.58. The first-order chi connectivity index (χ1) is 16.1. The van der Waals surface area contributed by atoms with Gasteiger partial charge in [-0.05, 0) is 47.9 Å². The molecule has 33 heavy (non-hydrogen) atoms. The Labute approximate surface area is 195 Å². The molecule has 0 amide bonds. The van der Waals surface area contributed by atoms with Gasteiger partial charge in [0.15, 0.2) is 0 Å². The van der Waals surface area contributed by atoms with Crippen LogP contribution in [0.1, 0.15) is 30.1 Å². The van der Waals surface area contributed by atoms with Crippen molar-refractivity contribution in [3.63, 3.8) is 0 Å². The standard InChI is InChI=1S/C28H33N2O3/c1-4-19-17-30(18-21-7-5-6-8-27(21)33-3)14-12-20(19)15-26(30)28(31)23-11-13-29-25-10-9-22(32-2)16-24(23)25/h4-11,13,16,19-20,26,28,31H,1,12,14-15,17-18H2,2-3H3/q+1/t19-,20-,26-,28+,30?/m0/s1. The molecule has 5 atom stereocenters. The van der Waals surface area contributed by atoms with Crippen LogP contribution in [0.15, 0.2) is 67.4 Å². The topological polar surface area (TPSA) is 51.6 Å². The fourth-order valence-electron chi connectivity index (χ4n) is 6.29. The van der Waals surface area contributed by atoms with Crippen molar-refractivity contribution >= 4 is 10.9 Å². The van der Waals surface area contributed by atoms with Crippen molar-refractivity contribution in [2.75, 3.05) is 27.3 Å². The van der Waals surface area contributed by atoms with Crippen molar-refractivity contribution in [1.82, 2.24) is 4.98 Å². The highest BCUT2D eigenvalue weighted by Gasteiger charge is 2.54. The van der Waals surface area contributed by atoms with E-state index in [0.29, 0.717) is 11.8 Å². The number of piperidine rings is 3. The van der Waals surface area contributed by atoms with Crippen molar-refractivity contribution in [3.8, 4) is 11.5 Å². The number of para-hydroxylation sites is 1. The van der Waals surface area contributed by atoms with Crippen LogP contribution in [-0.2, 0) is 6.54 Å². The first-order valence-corrected chi connectivity index (χ1v) is 11.8. The van der Waals surface area contributed by atoms with E-state index in [9.17, 15) is 5.11 Å². The molecule has 0 radical (unpaired) electrons. The number of fused-ring (bicyclic) bond motifs is 4. The van der Waals surface area contributed by atoms with E-state index in [-0.39, 0.29) is 6.04 Å². The van der Waals surface area contributed by atoms with Gasteiger partial charge in [-0.2, -0.15) is 0 Å². The number of pyridine rings is 1. The molecule has 3 aliphatic heterocycles. The molecule has 1 aromatic heterocycles. The average Bonchev–Trinajstić information content (AvgIpc) is 2.87. The van der Waals surface area contributed by atoms with E-state index in [1.807, 2.05) is 36.4 Å². The summed E-state index contributed by atoms with van der Waals surface area (Å²) in [6.07, 6.45) is 5.50. The van der Waals surface area contributed by atoms with Crippen molar-refractivity contribution < 1.29 is 19.1 Å². The molecule has 1 unspecified atom stereocenters. The van der Waals surface area contributed by atoms with Gasteiger partial charge >= 0.3 is 0 Å². The molecule has 0 aliphatic carbocycles. The van der Waals surface area contributed by atoms with E-state index in [1.165, 1.54) is 12.0 Å². The van der Waals surface area contributed by atoms with E-state index in [0.717, 1.165) is 58.5 Å². The zero-order chi connectivity index (χ0) is 23.0. The van der Waals surface area contributed by atoms with Gasteiger partial charge in [0, 0.05) is 35.9 Å². The Morgan fingerprint density at radius 3 is 2.82 bits per heavy atom. The predicted octanol–water partition coefficient (Wildman–Crippen LogP) is 4.90. The molecule has 3 saturated heterocycles. The van der Waals surface area contributed by atoms with Crippen LogP contribution in [-0.4, -0.2) is 47.9 Å². The van der Waals surface area contributed by atoms with Gasteiger partial charge in [-0.1, -0.05) is 18.2 Å². The molecule has 0 spiro atoms. The summed E-state index contributed by atoms with van der Waals surface area (Å²) in [5, 5.41) is 12.9. The number of benzene rings is 2. The highest BCUT2D eigenvalue weighted by atomic mass is 16.5. The first-order valence-electron chi connectivity index (χ1n) is 11.8. The summed E-state index contributed by atoms with van der Waals surface area (Å²) in [6.45, 7) is 7.04. The van der Waals surface area contributed by atoms with E-state index in [1.54, 1.807) is 20.4 Å². The second-order valence-corrected chi connectivity index (χ2v) is 9.57. The van der Waals surface area contributed by atoms with Gasteiger partial charge in [0.25, 0.3) is 0 Å². The Hall–Kier alpha value is -2.89. The van der Waals surface area contributed by atoms with Crippen LogP contribution in [0.2, 0.25) is 0 Å². The van der Waals surface area contributed by atoms with Crippen molar-refractivity contribution in [2.45, 2.75) is 31.5 Å². The molecular formula is C28H33N2O3+. The number of methoxy groups -OCH3 is 2. The van der Waals surface area contributed by atoms with Crippen molar-refractivity contribution in [3.05, 3.63) is 78.5 Å². The Bertz CT molecular complexity index is 1160. The van der Waals surface area contributed by atoms with E-state index in [4.69, 9.17) is 9.47 Å². The van der Waals surface area contributed by atoms with Crippen LogP contribution < -0.4 is 9.47 Å². The Balaban J connectivity index is 1.57. The van der Waals surface area contributed by atoms with E-state index in [2.05, 4.69) is 29.8 Å². The van der Waals surface area contributed by atoms with Gasteiger partial charge in [0.2, 0.25) is 0 Å². The van der Waals surface area contributed by atoms with Crippen LogP contribution in [0, 0.1) is 11.8 Å². The van der Waals surface area contributed by atoms with Crippen LogP contribution in [0.5, 0.6) is 11.5 Å². The molecule has 4 heterocycles. The smallest absolute Gasteiger partial charge is 0.131 e. The molecule has 2 bridgehead atoms. The molecule has 5 heteroatoms. The number of hydrogen-bond donors (Lipinski definition) is 1. The zero-order valence-electron chi connectivity index (χ0n) is 19.5. The van der Waals surface area contributed by atoms with Crippen LogP contribution in [0.3, 0.4) is 0 Å². The Kier molecular flexibility index (Phi) is 5.85. The van der Waals surface area contributed by atoms with Crippen molar-refractivity contribution in [1.29, 1.82) is 0 Å². The van der Waals surface area contributed by atoms with Crippen LogP contribution >= 0.6 is 0 Å². The Morgan fingerprint density at radius 1 is 1.18 bits per heavy atom. The quantitative estimate of drug-likeness (QED) is 0.415. The molecule has 3 aromatic rings. The van der Waals surface area contributed by atoms with Crippen LogP contribution in [0.4, 0.5) is 0 Å². The summed E-state index contributed by atoms with van der Waals surface area (Å²) in [5.74, 6) is 2.74. The van der Waals surface area contributed by atoms with Gasteiger partial charge in [0.1, 0.15) is 30.2 Å². The molecule has 3 aliphatic rings. The third kappa shape index (κ3) is 3.79. The Morgan fingerprint density at radius 2 is 2.03 bits per heavy atom. The summed E-state index contributed by atoms with van der Waals surface area (Å²) in [6, 6.07) is 16.2. The van der Waals surface area contributed by atoms with Gasteiger partial charge in [-0.3, -0.25) is 4.98 Å². The fourth-order valence-corrected chi connectivity index (χ4v) is 6.29. The highest BCUT2D eigenvalue weighted by Crippen LogP contribution is 2.48.